The van der Waals surface area contributed by atoms with Crippen molar-refractivity contribution in [3.8, 4) is 0 Å². The molecule has 2 fully saturated rings. The molecule has 2 bridgehead atoms. The Bertz CT molecular complexity index is 591. The van der Waals surface area contributed by atoms with Gasteiger partial charge in [-0.25, -0.2) is 0 Å². The molecule has 2 atom stereocenters. The number of rotatable bonds is 4. The normalized spacial score (nSPS) is 26.6. The zero-order chi connectivity index (χ0) is 14.1. The molecule has 2 saturated heterocycles. The highest BCUT2D eigenvalue weighted by Gasteiger charge is 2.34. The minimum absolute atomic E-state index is 0. The molecule has 22 heavy (non-hydrogen) atoms. The summed E-state index contributed by atoms with van der Waals surface area (Å²) >= 11 is 0. The molecular formula is C16H21ClN4O. The topological polar surface area (TPSA) is 63.8 Å². The van der Waals surface area contributed by atoms with Crippen LogP contribution in [0.25, 0.3) is 0 Å². The van der Waals surface area contributed by atoms with Crippen LogP contribution in [-0.4, -0.2) is 27.2 Å². The van der Waals surface area contributed by atoms with Crippen LogP contribution in [0.3, 0.4) is 0 Å². The first-order chi connectivity index (χ1) is 10.3. The van der Waals surface area contributed by atoms with Gasteiger partial charge in [-0.05, 0) is 43.2 Å². The maximum absolute atomic E-state index is 5.43. The van der Waals surface area contributed by atoms with Crippen LogP contribution in [0, 0.1) is 5.92 Å². The third kappa shape index (κ3) is 3.47. The van der Waals surface area contributed by atoms with Crippen molar-refractivity contribution >= 4 is 12.4 Å². The third-order valence-electron chi connectivity index (χ3n) is 4.63. The molecule has 5 nitrogen and oxygen atoms in total. The van der Waals surface area contributed by atoms with Crippen molar-refractivity contribution in [1.29, 1.82) is 0 Å². The fourth-order valence-corrected chi connectivity index (χ4v) is 3.72. The van der Waals surface area contributed by atoms with Gasteiger partial charge in [0.15, 0.2) is 5.82 Å². The average molecular weight is 321 g/mol. The summed E-state index contributed by atoms with van der Waals surface area (Å²) in [6.45, 7) is 0. The summed E-state index contributed by atoms with van der Waals surface area (Å²) in [7, 11) is 0. The minimum atomic E-state index is 0. The molecule has 2 aliphatic rings. The highest BCUT2D eigenvalue weighted by atomic mass is 35.5. The van der Waals surface area contributed by atoms with E-state index >= 15 is 0 Å². The highest BCUT2D eigenvalue weighted by molar-refractivity contribution is 5.85. The van der Waals surface area contributed by atoms with Crippen molar-refractivity contribution in [2.75, 3.05) is 0 Å². The van der Waals surface area contributed by atoms with Gasteiger partial charge >= 0.3 is 0 Å². The number of hydrogen-bond donors (Lipinski definition) is 1. The second kappa shape index (κ2) is 6.75. The predicted octanol–water partition coefficient (Wildman–Crippen LogP) is 2.55. The van der Waals surface area contributed by atoms with Crippen LogP contribution in [0.1, 0.15) is 43.0 Å². The largest absolute Gasteiger partial charge is 0.339 e. The van der Waals surface area contributed by atoms with Gasteiger partial charge in [0.05, 0.1) is 0 Å². The SMILES string of the molecule is Cl.c1cncc(Cc2noc(CC3CC4CCC(C3)N4)n2)c1. The van der Waals surface area contributed by atoms with E-state index in [4.69, 9.17) is 4.52 Å². The molecule has 2 aromatic rings. The van der Waals surface area contributed by atoms with Crippen LogP contribution in [-0.2, 0) is 12.8 Å². The number of hydrogen-bond acceptors (Lipinski definition) is 5. The third-order valence-corrected chi connectivity index (χ3v) is 4.63. The lowest BCUT2D eigenvalue weighted by atomic mass is 9.90. The van der Waals surface area contributed by atoms with Gasteiger partial charge in [0.2, 0.25) is 5.89 Å². The van der Waals surface area contributed by atoms with Gasteiger partial charge in [0.1, 0.15) is 0 Å². The van der Waals surface area contributed by atoms with Gasteiger partial charge in [0, 0.05) is 37.3 Å². The molecule has 1 N–H and O–H groups in total. The zero-order valence-corrected chi connectivity index (χ0v) is 13.3. The first-order valence-corrected chi connectivity index (χ1v) is 7.81. The van der Waals surface area contributed by atoms with E-state index < -0.39 is 0 Å². The fourth-order valence-electron chi connectivity index (χ4n) is 3.72. The highest BCUT2D eigenvalue weighted by Crippen LogP contribution is 2.32. The average Bonchev–Trinajstić information content (AvgIpc) is 3.07. The van der Waals surface area contributed by atoms with E-state index in [2.05, 4.69) is 20.4 Å². The van der Waals surface area contributed by atoms with E-state index in [1.807, 2.05) is 18.3 Å². The van der Waals surface area contributed by atoms with Crippen LogP contribution < -0.4 is 5.32 Å². The minimum Gasteiger partial charge on any atom is -0.339 e. The molecule has 4 rings (SSSR count). The van der Waals surface area contributed by atoms with Crippen molar-refractivity contribution < 1.29 is 4.52 Å². The van der Waals surface area contributed by atoms with Gasteiger partial charge in [0.25, 0.3) is 0 Å². The summed E-state index contributed by atoms with van der Waals surface area (Å²) in [6, 6.07) is 5.40. The Kier molecular flexibility index (Phi) is 4.74. The number of nitrogens with zero attached hydrogens (tertiary/aromatic N) is 3. The van der Waals surface area contributed by atoms with Gasteiger partial charge in [-0.2, -0.15) is 4.98 Å². The molecule has 0 aliphatic carbocycles. The summed E-state index contributed by atoms with van der Waals surface area (Å²) in [4.78, 5) is 8.66. The predicted molar refractivity (Wildman–Crippen MR) is 85.0 cm³/mol. The Morgan fingerprint density at radius 3 is 2.77 bits per heavy atom. The van der Waals surface area contributed by atoms with E-state index in [0.29, 0.717) is 24.4 Å². The number of fused-ring (bicyclic) bond motifs is 2. The lowest BCUT2D eigenvalue weighted by molar-refractivity contribution is 0.270. The van der Waals surface area contributed by atoms with Crippen LogP contribution in [0.15, 0.2) is 29.0 Å². The van der Waals surface area contributed by atoms with Crippen LogP contribution in [0.2, 0.25) is 0 Å². The van der Waals surface area contributed by atoms with Gasteiger partial charge in [-0.1, -0.05) is 11.2 Å². The molecule has 0 aromatic carbocycles. The molecule has 4 heterocycles. The molecule has 2 unspecified atom stereocenters. The number of piperidine rings is 1. The Morgan fingerprint density at radius 1 is 1.23 bits per heavy atom. The van der Waals surface area contributed by atoms with E-state index in [1.54, 1.807) is 6.20 Å². The van der Waals surface area contributed by atoms with E-state index in [0.717, 1.165) is 23.7 Å². The Morgan fingerprint density at radius 2 is 2.05 bits per heavy atom. The quantitative estimate of drug-likeness (QED) is 0.938. The van der Waals surface area contributed by atoms with Crippen molar-refractivity contribution in [3.63, 3.8) is 0 Å². The van der Waals surface area contributed by atoms with Crippen LogP contribution >= 0.6 is 12.4 Å². The second-order valence-electron chi connectivity index (χ2n) is 6.32. The summed E-state index contributed by atoms with van der Waals surface area (Å²) in [6.07, 6.45) is 10.4. The van der Waals surface area contributed by atoms with E-state index in [-0.39, 0.29) is 12.4 Å². The number of nitrogens with one attached hydrogen (secondary N) is 1. The summed E-state index contributed by atoms with van der Waals surface area (Å²) in [5, 5.41) is 7.77. The second-order valence-corrected chi connectivity index (χ2v) is 6.32. The molecular weight excluding hydrogens is 300 g/mol. The Balaban J connectivity index is 0.00000144. The lowest BCUT2D eigenvalue weighted by Crippen LogP contribution is -2.38. The van der Waals surface area contributed by atoms with Gasteiger partial charge in [-0.15, -0.1) is 12.4 Å². The number of pyridine rings is 1. The lowest BCUT2D eigenvalue weighted by Gasteiger charge is -2.28. The monoisotopic (exact) mass is 320 g/mol. The van der Waals surface area contributed by atoms with E-state index in [9.17, 15) is 0 Å². The summed E-state index contributed by atoms with van der Waals surface area (Å²) in [5.74, 6) is 2.24. The van der Waals surface area contributed by atoms with Crippen molar-refractivity contribution in [1.82, 2.24) is 20.4 Å². The standard InChI is InChI=1S/C16H20N4O.ClH/c1-2-11(10-17-5-1)8-15-19-16(21-20-15)9-12-6-13-3-4-14(7-12)18-13;/h1-2,5,10,12-14,18H,3-4,6-9H2;1H. The van der Waals surface area contributed by atoms with Crippen LogP contribution in [0.4, 0.5) is 0 Å². The molecule has 2 aromatic heterocycles. The molecule has 2 aliphatic heterocycles. The van der Waals surface area contributed by atoms with Crippen molar-refractivity contribution in [2.24, 2.45) is 5.92 Å². The summed E-state index contributed by atoms with van der Waals surface area (Å²) in [5.41, 5.74) is 1.12. The molecule has 6 heteroatoms. The first-order valence-electron chi connectivity index (χ1n) is 7.81. The van der Waals surface area contributed by atoms with Crippen molar-refractivity contribution in [2.45, 2.75) is 50.6 Å². The maximum Gasteiger partial charge on any atom is 0.226 e. The van der Waals surface area contributed by atoms with Gasteiger partial charge in [-0.3, -0.25) is 4.98 Å². The molecule has 118 valence electrons. The molecule has 0 saturated carbocycles. The first kappa shape index (κ1) is 15.4. The van der Waals surface area contributed by atoms with Crippen molar-refractivity contribution in [3.05, 3.63) is 41.8 Å². The molecule has 0 amide bonds. The van der Waals surface area contributed by atoms with E-state index in [1.165, 1.54) is 25.7 Å². The number of aromatic nitrogens is 3. The smallest absolute Gasteiger partial charge is 0.226 e. The van der Waals surface area contributed by atoms with Gasteiger partial charge < -0.3 is 9.84 Å². The Hall–Kier alpha value is -1.46. The Labute approximate surface area is 136 Å². The zero-order valence-electron chi connectivity index (χ0n) is 12.4. The van der Waals surface area contributed by atoms with Crippen LogP contribution in [0.5, 0.6) is 0 Å². The maximum atomic E-state index is 5.43. The number of halogens is 1. The fraction of sp³-hybridized carbons (Fsp3) is 0.562. The molecule has 0 spiro atoms. The molecule has 0 radical (unpaired) electrons. The summed E-state index contributed by atoms with van der Waals surface area (Å²) < 4.78 is 5.43.